The van der Waals surface area contributed by atoms with E-state index >= 15 is 0 Å². The number of H-pyrrole nitrogens is 1. The summed E-state index contributed by atoms with van der Waals surface area (Å²) < 4.78 is 0. The standard InChI is InChI=1S/C13H17N5O/c14-9-3-4-10(11(15)8-9)13(19)18-5-1-2-12-16-6-7-17-12/h3-4,6-8H,1-2,5,14-15H2,(H,16,17)(H,18,19). The summed E-state index contributed by atoms with van der Waals surface area (Å²) in [6, 6.07) is 4.87. The van der Waals surface area contributed by atoms with Crippen LogP contribution in [0.3, 0.4) is 0 Å². The van der Waals surface area contributed by atoms with Crippen LogP contribution in [-0.4, -0.2) is 22.4 Å². The predicted octanol–water partition coefficient (Wildman–Crippen LogP) is 0.937. The average molecular weight is 259 g/mol. The number of aromatic amines is 1. The Kier molecular flexibility index (Phi) is 4.02. The number of rotatable bonds is 5. The van der Waals surface area contributed by atoms with E-state index < -0.39 is 0 Å². The molecule has 2 rings (SSSR count). The van der Waals surface area contributed by atoms with E-state index in [2.05, 4.69) is 15.3 Å². The Balaban J connectivity index is 1.81. The van der Waals surface area contributed by atoms with E-state index in [4.69, 9.17) is 11.5 Å². The van der Waals surface area contributed by atoms with Crippen molar-refractivity contribution in [3.05, 3.63) is 42.0 Å². The molecule has 1 aromatic heterocycles. The van der Waals surface area contributed by atoms with E-state index in [-0.39, 0.29) is 5.91 Å². The first-order chi connectivity index (χ1) is 9.16. The first-order valence-electron chi connectivity index (χ1n) is 6.08. The Labute approximate surface area is 111 Å². The van der Waals surface area contributed by atoms with E-state index in [0.29, 0.717) is 23.5 Å². The Morgan fingerprint density at radius 1 is 1.37 bits per heavy atom. The molecule has 1 amide bonds. The van der Waals surface area contributed by atoms with Crippen LogP contribution in [0.2, 0.25) is 0 Å². The molecule has 0 bridgehead atoms. The minimum atomic E-state index is -0.183. The second-order valence-corrected chi connectivity index (χ2v) is 4.24. The third-order valence-electron chi connectivity index (χ3n) is 2.75. The van der Waals surface area contributed by atoms with Gasteiger partial charge < -0.3 is 21.8 Å². The highest BCUT2D eigenvalue weighted by molar-refractivity contribution is 5.99. The summed E-state index contributed by atoms with van der Waals surface area (Å²) in [7, 11) is 0. The molecule has 0 saturated heterocycles. The van der Waals surface area contributed by atoms with Gasteiger partial charge in [0.05, 0.1) is 5.56 Å². The fourth-order valence-corrected chi connectivity index (χ4v) is 1.78. The highest BCUT2D eigenvalue weighted by Gasteiger charge is 2.08. The average Bonchev–Trinajstić information content (AvgIpc) is 2.87. The maximum absolute atomic E-state index is 11.9. The van der Waals surface area contributed by atoms with E-state index in [9.17, 15) is 4.79 Å². The SMILES string of the molecule is Nc1ccc(C(=O)NCCCc2ncc[nH]2)c(N)c1. The van der Waals surface area contributed by atoms with Gasteiger partial charge in [0.1, 0.15) is 5.82 Å². The molecule has 0 radical (unpaired) electrons. The number of nitrogen functional groups attached to an aromatic ring is 2. The lowest BCUT2D eigenvalue weighted by Crippen LogP contribution is -2.25. The third-order valence-corrected chi connectivity index (χ3v) is 2.75. The number of nitrogens with zero attached hydrogens (tertiary/aromatic N) is 1. The molecular weight excluding hydrogens is 242 g/mol. The summed E-state index contributed by atoms with van der Waals surface area (Å²) >= 11 is 0. The van der Waals surface area contributed by atoms with Crippen LogP contribution in [0, 0.1) is 0 Å². The number of nitrogens with two attached hydrogens (primary N) is 2. The monoisotopic (exact) mass is 259 g/mol. The molecule has 1 aromatic carbocycles. The molecule has 0 atom stereocenters. The van der Waals surface area contributed by atoms with Gasteiger partial charge in [0.2, 0.25) is 0 Å². The normalized spacial score (nSPS) is 10.3. The first kappa shape index (κ1) is 12.9. The van der Waals surface area contributed by atoms with Crippen LogP contribution >= 0.6 is 0 Å². The summed E-state index contributed by atoms with van der Waals surface area (Å²) in [5.41, 5.74) is 12.7. The van der Waals surface area contributed by atoms with Gasteiger partial charge in [-0.25, -0.2) is 4.98 Å². The van der Waals surface area contributed by atoms with Crippen molar-refractivity contribution in [1.82, 2.24) is 15.3 Å². The fraction of sp³-hybridized carbons (Fsp3) is 0.231. The Hall–Kier alpha value is -2.50. The molecule has 6 heteroatoms. The maximum Gasteiger partial charge on any atom is 0.253 e. The van der Waals surface area contributed by atoms with E-state index in [0.717, 1.165) is 18.7 Å². The summed E-state index contributed by atoms with van der Waals surface area (Å²) in [5, 5.41) is 2.82. The summed E-state index contributed by atoms with van der Waals surface area (Å²) in [6.07, 6.45) is 5.10. The number of imidazole rings is 1. The van der Waals surface area contributed by atoms with Gasteiger partial charge in [-0.2, -0.15) is 0 Å². The Morgan fingerprint density at radius 2 is 2.21 bits per heavy atom. The molecule has 6 nitrogen and oxygen atoms in total. The zero-order valence-electron chi connectivity index (χ0n) is 10.5. The summed E-state index contributed by atoms with van der Waals surface area (Å²) in [6.45, 7) is 0.573. The van der Waals surface area contributed by atoms with Crippen LogP contribution in [0.4, 0.5) is 11.4 Å². The highest BCUT2D eigenvalue weighted by Crippen LogP contribution is 2.15. The van der Waals surface area contributed by atoms with Crippen molar-refractivity contribution < 1.29 is 4.79 Å². The van der Waals surface area contributed by atoms with Crippen molar-refractivity contribution in [2.45, 2.75) is 12.8 Å². The highest BCUT2D eigenvalue weighted by atomic mass is 16.1. The maximum atomic E-state index is 11.9. The number of anilines is 2. The molecular formula is C13H17N5O. The number of hydrogen-bond acceptors (Lipinski definition) is 4. The Morgan fingerprint density at radius 3 is 2.89 bits per heavy atom. The van der Waals surface area contributed by atoms with E-state index in [1.165, 1.54) is 0 Å². The molecule has 2 aromatic rings. The van der Waals surface area contributed by atoms with Crippen LogP contribution in [0.5, 0.6) is 0 Å². The van der Waals surface area contributed by atoms with Crippen molar-refractivity contribution in [1.29, 1.82) is 0 Å². The van der Waals surface area contributed by atoms with Crippen LogP contribution < -0.4 is 16.8 Å². The predicted molar refractivity (Wildman–Crippen MR) is 74.5 cm³/mol. The minimum absolute atomic E-state index is 0.183. The molecule has 0 aliphatic rings. The van der Waals surface area contributed by atoms with Gasteiger partial charge in [0.15, 0.2) is 0 Å². The van der Waals surface area contributed by atoms with Gasteiger partial charge >= 0.3 is 0 Å². The zero-order chi connectivity index (χ0) is 13.7. The number of carbonyl (C=O) groups is 1. The van der Waals surface area contributed by atoms with Crippen LogP contribution in [0.15, 0.2) is 30.6 Å². The van der Waals surface area contributed by atoms with Gasteiger partial charge in [-0.3, -0.25) is 4.79 Å². The zero-order valence-corrected chi connectivity index (χ0v) is 10.5. The topological polar surface area (TPSA) is 110 Å². The number of nitrogens with one attached hydrogen (secondary N) is 2. The van der Waals surface area contributed by atoms with Crippen molar-refractivity contribution in [3.8, 4) is 0 Å². The minimum Gasteiger partial charge on any atom is -0.399 e. The molecule has 100 valence electrons. The fourth-order valence-electron chi connectivity index (χ4n) is 1.78. The Bertz CT molecular complexity index is 550. The second kappa shape index (κ2) is 5.90. The number of carbonyl (C=O) groups excluding carboxylic acids is 1. The molecule has 6 N–H and O–H groups in total. The van der Waals surface area contributed by atoms with Crippen LogP contribution in [0.1, 0.15) is 22.6 Å². The third kappa shape index (κ3) is 3.48. The van der Waals surface area contributed by atoms with Crippen molar-refractivity contribution in [3.63, 3.8) is 0 Å². The quantitative estimate of drug-likeness (QED) is 0.473. The smallest absolute Gasteiger partial charge is 0.253 e. The molecule has 0 unspecified atom stereocenters. The largest absolute Gasteiger partial charge is 0.399 e. The molecule has 0 spiro atoms. The van der Waals surface area contributed by atoms with Gasteiger partial charge in [0.25, 0.3) is 5.91 Å². The summed E-state index contributed by atoms with van der Waals surface area (Å²) in [4.78, 5) is 19.0. The number of hydrogen-bond donors (Lipinski definition) is 4. The van der Waals surface area contributed by atoms with E-state index in [1.54, 1.807) is 30.6 Å². The summed E-state index contributed by atoms with van der Waals surface area (Å²) in [5.74, 6) is 0.734. The molecule has 0 fully saturated rings. The molecule has 0 aliphatic carbocycles. The van der Waals surface area contributed by atoms with Crippen molar-refractivity contribution >= 4 is 17.3 Å². The lowest BCUT2D eigenvalue weighted by molar-refractivity contribution is 0.0954. The van der Waals surface area contributed by atoms with Gasteiger partial charge in [0, 0.05) is 36.7 Å². The van der Waals surface area contributed by atoms with Gasteiger partial charge in [-0.1, -0.05) is 0 Å². The van der Waals surface area contributed by atoms with Crippen LogP contribution in [0.25, 0.3) is 0 Å². The number of aromatic nitrogens is 2. The van der Waals surface area contributed by atoms with E-state index in [1.807, 2.05) is 0 Å². The van der Waals surface area contributed by atoms with Gasteiger partial charge in [-0.05, 0) is 24.6 Å². The van der Waals surface area contributed by atoms with Gasteiger partial charge in [-0.15, -0.1) is 0 Å². The number of amides is 1. The lowest BCUT2D eigenvalue weighted by Gasteiger charge is -2.07. The second-order valence-electron chi connectivity index (χ2n) is 4.24. The molecule has 19 heavy (non-hydrogen) atoms. The molecule has 1 heterocycles. The molecule has 0 saturated carbocycles. The van der Waals surface area contributed by atoms with Crippen molar-refractivity contribution in [2.75, 3.05) is 18.0 Å². The number of aryl methyl sites for hydroxylation is 1. The van der Waals surface area contributed by atoms with Crippen molar-refractivity contribution in [2.24, 2.45) is 0 Å². The first-order valence-corrected chi connectivity index (χ1v) is 6.08. The number of benzene rings is 1. The lowest BCUT2D eigenvalue weighted by atomic mass is 10.1. The van der Waals surface area contributed by atoms with Crippen LogP contribution in [-0.2, 0) is 6.42 Å². The molecule has 0 aliphatic heterocycles.